The molecule has 1 aliphatic heterocycles. The van der Waals surface area contributed by atoms with Gasteiger partial charge in [-0.1, -0.05) is 12.2 Å². The first-order chi connectivity index (χ1) is 7.83. The summed E-state index contributed by atoms with van der Waals surface area (Å²) >= 11 is 0. The Labute approximate surface area is 94.6 Å². The highest BCUT2D eigenvalue weighted by Crippen LogP contribution is 2.29. The molecule has 1 saturated heterocycles. The fraction of sp³-hybridized carbons (Fsp3) is 0.500. The molecule has 1 aromatic heterocycles. The zero-order valence-corrected chi connectivity index (χ0v) is 9.08. The molecule has 1 aliphatic carbocycles. The number of β-amino-alcohol motifs (C(OH)–C–C–N with tert-alkyl or cyclic N) is 1. The minimum Gasteiger partial charge on any atom is -0.389 e. The van der Waals surface area contributed by atoms with Crippen molar-refractivity contribution in [3.63, 3.8) is 0 Å². The van der Waals surface area contributed by atoms with Gasteiger partial charge in [-0.05, 0) is 12.8 Å². The fourth-order valence-electron chi connectivity index (χ4n) is 2.26. The Bertz CT molecular complexity index is 404. The molecule has 0 saturated carbocycles. The Morgan fingerprint density at radius 1 is 1.19 bits per heavy atom. The Kier molecular flexibility index (Phi) is 2.36. The van der Waals surface area contributed by atoms with Gasteiger partial charge in [0.25, 0.3) is 0 Å². The summed E-state index contributed by atoms with van der Waals surface area (Å²) in [7, 11) is 0. The number of allylic oxidation sites excluding steroid dienone is 2. The molecule has 1 aromatic rings. The molecule has 0 unspecified atom stereocenters. The van der Waals surface area contributed by atoms with Gasteiger partial charge in [0, 0.05) is 30.8 Å². The number of aliphatic hydroxyl groups excluding tert-OH is 1. The third kappa shape index (κ3) is 1.69. The molecule has 3 rings (SSSR count). The lowest BCUT2D eigenvalue weighted by atomic mass is 10.0. The van der Waals surface area contributed by atoms with Crippen molar-refractivity contribution in [2.75, 3.05) is 18.0 Å². The first-order valence-electron chi connectivity index (χ1n) is 5.73. The molecular formula is C12H15N3O. The van der Waals surface area contributed by atoms with E-state index in [2.05, 4.69) is 33.1 Å². The predicted molar refractivity (Wildman–Crippen MR) is 61.4 cm³/mol. The molecule has 4 nitrogen and oxygen atoms in total. The van der Waals surface area contributed by atoms with Gasteiger partial charge in [-0.25, -0.2) is 9.97 Å². The summed E-state index contributed by atoms with van der Waals surface area (Å²) < 4.78 is 0. The number of rotatable bonds is 2. The van der Waals surface area contributed by atoms with Crippen LogP contribution in [0.5, 0.6) is 0 Å². The van der Waals surface area contributed by atoms with Crippen molar-refractivity contribution >= 4 is 5.82 Å². The molecule has 4 heteroatoms. The Morgan fingerprint density at radius 2 is 1.94 bits per heavy atom. The minimum absolute atomic E-state index is 0.188. The van der Waals surface area contributed by atoms with Crippen molar-refractivity contribution in [1.82, 2.24) is 9.97 Å². The molecule has 16 heavy (non-hydrogen) atoms. The molecule has 0 amide bonds. The van der Waals surface area contributed by atoms with Crippen LogP contribution in [0.15, 0.2) is 24.5 Å². The number of nitrogens with zero attached hydrogens (tertiary/aromatic N) is 3. The number of hydrogen-bond donors (Lipinski definition) is 1. The van der Waals surface area contributed by atoms with Gasteiger partial charge in [0.2, 0.25) is 0 Å². The van der Waals surface area contributed by atoms with Crippen LogP contribution in [0.1, 0.15) is 24.5 Å². The van der Waals surface area contributed by atoms with E-state index in [9.17, 15) is 5.11 Å². The first kappa shape index (κ1) is 9.78. The quantitative estimate of drug-likeness (QED) is 0.753. The van der Waals surface area contributed by atoms with E-state index in [4.69, 9.17) is 0 Å². The molecule has 1 fully saturated rings. The highest BCUT2D eigenvalue weighted by Gasteiger charge is 2.26. The van der Waals surface area contributed by atoms with E-state index in [0.717, 1.165) is 24.4 Å². The maximum absolute atomic E-state index is 9.27. The SMILES string of the molecule is OC1CN(c2cc(C3CC=CC3)ncn2)C1. The van der Waals surface area contributed by atoms with Crippen LogP contribution in [-0.2, 0) is 0 Å². The number of aromatic nitrogens is 2. The molecule has 2 heterocycles. The second-order valence-electron chi connectivity index (χ2n) is 4.50. The third-order valence-electron chi connectivity index (χ3n) is 3.29. The zero-order chi connectivity index (χ0) is 11.0. The fourth-order valence-corrected chi connectivity index (χ4v) is 2.26. The van der Waals surface area contributed by atoms with Crippen molar-refractivity contribution in [1.29, 1.82) is 0 Å². The summed E-state index contributed by atoms with van der Waals surface area (Å²) in [5.74, 6) is 1.47. The maximum atomic E-state index is 9.27. The molecule has 0 aromatic carbocycles. The van der Waals surface area contributed by atoms with Crippen molar-refractivity contribution in [2.24, 2.45) is 0 Å². The van der Waals surface area contributed by atoms with E-state index in [1.54, 1.807) is 6.33 Å². The second-order valence-corrected chi connectivity index (χ2v) is 4.50. The van der Waals surface area contributed by atoms with Crippen LogP contribution in [0, 0.1) is 0 Å². The standard InChI is InChI=1S/C12H15N3O/c16-10-6-15(7-10)12-5-11(13-8-14-12)9-3-1-2-4-9/h1-2,5,8-10,16H,3-4,6-7H2. The first-order valence-corrected chi connectivity index (χ1v) is 5.73. The molecular weight excluding hydrogens is 202 g/mol. The lowest BCUT2D eigenvalue weighted by Gasteiger charge is -2.36. The molecule has 0 atom stereocenters. The minimum atomic E-state index is -0.188. The van der Waals surface area contributed by atoms with E-state index in [1.165, 1.54) is 0 Å². The smallest absolute Gasteiger partial charge is 0.132 e. The van der Waals surface area contributed by atoms with Crippen molar-refractivity contribution in [3.8, 4) is 0 Å². The van der Waals surface area contributed by atoms with Gasteiger partial charge in [0.1, 0.15) is 12.1 Å². The van der Waals surface area contributed by atoms with Crippen LogP contribution in [-0.4, -0.2) is 34.3 Å². The summed E-state index contributed by atoms with van der Waals surface area (Å²) in [6, 6.07) is 2.06. The van der Waals surface area contributed by atoms with Gasteiger partial charge in [0.15, 0.2) is 0 Å². The van der Waals surface area contributed by atoms with E-state index in [-0.39, 0.29) is 6.10 Å². The highest BCUT2D eigenvalue weighted by molar-refractivity contribution is 5.43. The van der Waals surface area contributed by atoms with Crippen molar-refractivity contribution < 1.29 is 5.11 Å². The lowest BCUT2D eigenvalue weighted by molar-refractivity contribution is 0.141. The number of anilines is 1. The summed E-state index contributed by atoms with van der Waals surface area (Å²) in [6.07, 6.45) is 8.03. The maximum Gasteiger partial charge on any atom is 0.132 e. The van der Waals surface area contributed by atoms with Gasteiger partial charge in [0.05, 0.1) is 6.10 Å². The summed E-state index contributed by atoms with van der Waals surface area (Å²) in [5, 5.41) is 9.27. The highest BCUT2D eigenvalue weighted by atomic mass is 16.3. The largest absolute Gasteiger partial charge is 0.389 e. The average Bonchev–Trinajstić information content (AvgIpc) is 2.78. The van der Waals surface area contributed by atoms with Gasteiger partial charge < -0.3 is 10.0 Å². The number of hydrogen-bond acceptors (Lipinski definition) is 4. The van der Waals surface area contributed by atoms with E-state index >= 15 is 0 Å². The summed E-state index contributed by atoms with van der Waals surface area (Å²) in [6.45, 7) is 1.39. The normalized spacial score (nSPS) is 21.4. The average molecular weight is 217 g/mol. The van der Waals surface area contributed by atoms with Gasteiger partial charge in [-0.15, -0.1) is 0 Å². The van der Waals surface area contributed by atoms with Crippen molar-refractivity contribution in [3.05, 3.63) is 30.2 Å². The van der Waals surface area contributed by atoms with Crippen LogP contribution in [0.2, 0.25) is 0 Å². The van der Waals surface area contributed by atoms with Gasteiger partial charge in [-0.2, -0.15) is 0 Å². The zero-order valence-electron chi connectivity index (χ0n) is 9.08. The summed E-state index contributed by atoms with van der Waals surface area (Å²) in [5.41, 5.74) is 1.12. The third-order valence-corrected chi connectivity index (χ3v) is 3.29. The molecule has 0 bridgehead atoms. The van der Waals surface area contributed by atoms with E-state index < -0.39 is 0 Å². The molecule has 0 radical (unpaired) electrons. The molecule has 0 spiro atoms. The lowest BCUT2D eigenvalue weighted by Crippen LogP contribution is -2.51. The Balaban J connectivity index is 1.77. The topological polar surface area (TPSA) is 49.2 Å². The van der Waals surface area contributed by atoms with Crippen LogP contribution in [0.3, 0.4) is 0 Å². The predicted octanol–water partition coefficient (Wildman–Crippen LogP) is 1.09. The molecule has 2 aliphatic rings. The Hall–Kier alpha value is -1.42. The van der Waals surface area contributed by atoms with Crippen LogP contribution in [0.4, 0.5) is 5.82 Å². The molecule has 84 valence electrons. The number of aliphatic hydroxyl groups is 1. The second kappa shape index (κ2) is 3.87. The van der Waals surface area contributed by atoms with Crippen LogP contribution in [0.25, 0.3) is 0 Å². The van der Waals surface area contributed by atoms with Gasteiger partial charge in [-0.3, -0.25) is 0 Å². The summed E-state index contributed by atoms with van der Waals surface area (Å²) in [4.78, 5) is 10.7. The van der Waals surface area contributed by atoms with Gasteiger partial charge >= 0.3 is 0 Å². The monoisotopic (exact) mass is 217 g/mol. The van der Waals surface area contributed by atoms with E-state index in [1.807, 2.05) is 0 Å². The van der Waals surface area contributed by atoms with E-state index in [0.29, 0.717) is 19.0 Å². The van der Waals surface area contributed by atoms with Crippen LogP contribution < -0.4 is 4.90 Å². The Morgan fingerprint density at radius 3 is 2.62 bits per heavy atom. The van der Waals surface area contributed by atoms with Crippen LogP contribution >= 0.6 is 0 Å². The molecule has 1 N–H and O–H groups in total. The van der Waals surface area contributed by atoms with Crippen molar-refractivity contribution in [2.45, 2.75) is 24.9 Å².